The highest BCUT2D eigenvalue weighted by molar-refractivity contribution is 9.11. The molecule has 1 fully saturated rings. The molecular formula is C18H24BrN3O3S. The van der Waals surface area contributed by atoms with E-state index in [2.05, 4.69) is 44.3 Å². The number of amides is 1. The molecule has 2 aliphatic heterocycles. The highest BCUT2D eigenvalue weighted by Gasteiger charge is 2.51. The number of ether oxygens (including phenoxy) is 1. The molecular weight excluding hydrogens is 418 g/mol. The zero-order valence-electron chi connectivity index (χ0n) is 15.2. The number of carbonyl (C=O) groups excluding carboxylic acids is 1. The van der Waals surface area contributed by atoms with Crippen molar-refractivity contribution in [3.05, 3.63) is 40.8 Å². The number of anilines is 1. The predicted molar refractivity (Wildman–Crippen MR) is 108 cm³/mol. The third-order valence-corrected chi connectivity index (χ3v) is 7.17. The van der Waals surface area contributed by atoms with Gasteiger partial charge in [0.2, 0.25) is 0 Å². The van der Waals surface area contributed by atoms with Crippen molar-refractivity contribution >= 4 is 39.3 Å². The summed E-state index contributed by atoms with van der Waals surface area (Å²) < 4.78 is 5.92. The molecule has 2 aliphatic rings. The number of nitrogens with one attached hydrogen (secondary N) is 1. The maximum atomic E-state index is 12.6. The lowest BCUT2D eigenvalue weighted by Crippen LogP contribution is -2.47. The Hall–Kier alpha value is -1.06. The van der Waals surface area contributed by atoms with Crippen LogP contribution in [0.25, 0.3) is 0 Å². The molecule has 2 heterocycles. The van der Waals surface area contributed by atoms with E-state index in [1.165, 1.54) is 18.9 Å². The van der Waals surface area contributed by atoms with Crippen LogP contribution in [-0.2, 0) is 20.0 Å². The van der Waals surface area contributed by atoms with Crippen molar-refractivity contribution in [3.8, 4) is 0 Å². The monoisotopic (exact) mass is 441 g/mol. The summed E-state index contributed by atoms with van der Waals surface area (Å²) in [6.45, 7) is 3.90. The van der Waals surface area contributed by atoms with Gasteiger partial charge in [-0.3, -0.25) is 9.63 Å². The van der Waals surface area contributed by atoms with E-state index >= 15 is 0 Å². The van der Waals surface area contributed by atoms with Crippen molar-refractivity contribution < 1.29 is 14.4 Å². The Bertz CT molecular complexity index is 694. The van der Waals surface area contributed by atoms with Crippen LogP contribution in [0.5, 0.6) is 0 Å². The van der Waals surface area contributed by atoms with Crippen LogP contribution in [0, 0.1) is 0 Å². The standard InChI is InChI=1S/C18H24BrN3O3S/c1-21-8-10-22(11-9-21)15-7-5-4-6-13(15)18(24-2)14(12-26-17(18)19)16(23)20-25-3/h4-7,12,17H,8-11H2,1-3H3,(H,20,23). The van der Waals surface area contributed by atoms with Gasteiger partial charge < -0.3 is 14.5 Å². The molecule has 2 unspecified atom stereocenters. The second kappa shape index (κ2) is 8.31. The third kappa shape index (κ3) is 3.41. The van der Waals surface area contributed by atoms with Crippen molar-refractivity contribution in [3.63, 3.8) is 0 Å². The van der Waals surface area contributed by atoms with Gasteiger partial charge in [-0.05, 0) is 18.5 Å². The highest BCUT2D eigenvalue weighted by Crippen LogP contribution is 2.53. The van der Waals surface area contributed by atoms with Gasteiger partial charge in [-0.1, -0.05) is 34.1 Å². The molecule has 8 heteroatoms. The first-order valence-electron chi connectivity index (χ1n) is 8.46. The van der Waals surface area contributed by atoms with E-state index in [9.17, 15) is 4.79 Å². The summed E-state index contributed by atoms with van der Waals surface area (Å²) in [4.78, 5) is 22.2. The zero-order valence-corrected chi connectivity index (χ0v) is 17.6. The summed E-state index contributed by atoms with van der Waals surface area (Å²) in [5.74, 6) is -0.294. The Morgan fingerprint density at radius 1 is 1.27 bits per heavy atom. The molecule has 2 atom stereocenters. The molecule has 0 aliphatic carbocycles. The Labute approximate surface area is 167 Å². The lowest BCUT2D eigenvalue weighted by Gasteiger charge is -2.40. The van der Waals surface area contributed by atoms with E-state index in [0.717, 1.165) is 37.4 Å². The smallest absolute Gasteiger partial charge is 0.274 e. The zero-order chi connectivity index (χ0) is 18.7. The topological polar surface area (TPSA) is 54.0 Å². The fourth-order valence-electron chi connectivity index (χ4n) is 3.49. The first-order valence-corrected chi connectivity index (χ1v) is 10.3. The number of carbonyl (C=O) groups is 1. The van der Waals surface area contributed by atoms with E-state index in [1.807, 2.05) is 23.6 Å². The second-order valence-electron chi connectivity index (χ2n) is 6.37. The summed E-state index contributed by atoms with van der Waals surface area (Å²) in [6.07, 6.45) is 0. The lowest BCUT2D eigenvalue weighted by atomic mass is 9.86. The molecule has 1 aromatic rings. The first-order chi connectivity index (χ1) is 12.5. The van der Waals surface area contributed by atoms with Crippen LogP contribution in [0.1, 0.15) is 5.56 Å². The summed E-state index contributed by atoms with van der Waals surface area (Å²) >= 11 is 5.25. The average Bonchev–Trinajstić information content (AvgIpc) is 3.00. The number of methoxy groups -OCH3 is 1. The van der Waals surface area contributed by atoms with Gasteiger partial charge in [-0.25, -0.2) is 5.48 Å². The van der Waals surface area contributed by atoms with Gasteiger partial charge in [0.1, 0.15) is 9.76 Å². The normalized spacial score (nSPS) is 26.7. The number of hydrogen-bond donors (Lipinski definition) is 1. The van der Waals surface area contributed by atoms with Crippen molar-refractivity contribution in [2.24, 2.45) is 0 Å². The Morgan fingerprint density at radius 3 is 2.62 bits per heavy atom. The number of likely N-dealkylation sites (N-methyl/N-ethyl adjacent to an activating group) is 1. The number of nitrogens with zero attached hydrogens (tertiary/aromatic N) is 2. The van der Waals surface area contributed by atoms with E-state index in [4.69, 9.17) is 9.57 Å². The minimum absolute atomic E-state index is 0.119. The molecule has 0 spiro atoms. The van der Waals surface area contributed by atoms with E-state index in [-0.39, 0.29) is 10.1 Å². The maximum Gasteiger partial charge on any atom is 0.274 e. The summed E-state index contributed by atoms with van der Waals surface area (Å²) in [7, 11) is 5.21. The lowest BCUT2D eigenvalue weighted by molar-refractivity contribution is -0.130. The van der Waals surface area contributed by atoms with Crippen LogP contribution < -0.4 is 10.4 Å². The Kier molecular flexibility index (Phi) is 6.29. The Balaban J connectivity index is 2.05. The number of para-hydroxylation sites is 1. The number of alkyl halides is 1. The number of hydrogen-bond acceptors (Lipinski definition) is 6. The molecule has 1 saturated heterocycles. The third-order valence-electron chi connectivity index (χ3n) is 4.93. The molecule has 26 heavy (non-hydrogen) atoms. The van der Waals surface area contributed by atoms with Crippen molar-refractivity contribution in [1.29, 1.82) is 0 Å². The quantitative estimate of drug-likeness (QED) is 0.558. The largest absolute Gasteiger partial charge is 0.369 e. The molecule has 0 saturated carbocycles. The van der Waals surface area contributed by atoms with Crippen LogP contribution >= 0.6 is 27.7 Å². The van der Waals surface area contributed by atoms with Gasteiger partial charge >= 0.3 is 0 Å². The molecule has 1 N–H and O–H groups in total. The van der Waals surface area contributed by atoms with Crippen LogP contribution in [0.15, 0.2) is 35.2 Å². The molecule has 0 bridgehead atoms. The van der Waals surface area contributed by atoms with Crippen molar-refractivity contribution in [2.45, 2.75) is 9.76 Å². The van der Waals surface area contributed by atoms with Gasteiger partial charge in [-0.15, -0.1) is 11.8 Å². The second-order valence-corrected chi connectivity index (χ2v) is 8.87. The van der Waals surface area contributed by atoms with Gasteiger partial charge in [-0.2, -0.15) is 0 Å². The number of rotatable bonds is 5. The summed E-state index contributed by atoms with van der Waals surface area (Å²) in [6, 6.07) is 8.18. The van der Waals surface area contributed by atoms with E-state index in [0.29, 0.717) is 5.57 Å². The van der Waals surface area contributed by atoms with Crippen LogP contribution in [0.4, 0.5) is 5.69 Å². The summed E-state index contributed by atoms with van der Waals surface area (Å²) in [5.41, 5.74) is 4.16. The van der Waals surface area contributed by atoms with Gasteiger partial charge in [0.05, 0.1) is 12.7 Å². The van der Waals surface area contributed by atoms with Crippen LogP contribution in [0.2, 0.25) is 0 Å². The number of hydroxylamine groups is 1. The fourth-order valence-corrected chi connectivity index (χ4v) is 5.58. The molecule has 1 amide bonds. The molecule has 142 valence electrons. The number of thioether (sulfide) groups is 1. The van der Waals surface area contributed by atoms with Crippen LogP contribution in [-0.4, -0.2) is 62.4 Å². The number of benzene rings is 1. The van der Waals surface area contributed by atoms with Gasteiger partial charge in [0.15, 0.2) is 0 Å². The fraction of sp³-hybridized carbons (Fsp3) is 0.500. The van der Waals surface area contributed by atoms with Gasteiger partial charge in [0.25, 0.3) is 5.91 Å². The first kappa shape index (κ1) is 19.7. The minimum Gasteiger partial charge on any atom is -0.369 e. The molecule has 0 radical (unpaired) electrons. The van der Waals surface area contributed by atoms with Crippen molar-refractivity contribution in [2.75, 3.05) is 52.3 Å². The maximum absolute atomic E-state index is 12.6. The van der Waals surface area contributed by atoms with E-state index in [1.54, 1.807) is 7.11 Å². The predicted octanol–water partition coefficient (Wildman–Crippen LogP) is 2.31. The SMILES string of the molecule is CONC(=O)C1=CSC(Br)C1(OC)c1ccccc1N1CCN(C)CC1. The van der Waals surface area contributed by atoms with Crippen LogP contribution in [0.3, 0.4) is 0 Å². The average molecular weight is 442 g/mol. The number of halogens is 1. The molecule has 1 aromatic carbocycles. The molecule has 3 rings (SSSR count). The van der Waals surface area contributed by atoms with Gasteiger partial charge in [0, 0.05) is 44.5 Å². The Morgan fingerprint density at radius 2 is 1.96 bits per heavy atom. The molecule has 6 nitrogen and oxygen atoms in total. The molecule has 0 aromatic heterocycles. The highest BCUT2D eigenvalue weighted by atomic mass is 79.9. The number of piperazine rings is 1. The van der Waals surface area contributed by atoms with E-state index < -0.39 is 5.60 Å². The summed E-state index contributed by atoms with van der Waals surface area (Å²) in [5, 5.41) is 1.85. The minimum atomic E-state index is -0.896. The van der Waals surface area contributed by atoms with Crippen molar-refractivity contribution in [1.82, 2.24) is 10.4 Å².